The molecule has 2 aromatic heterocycles. The van der Waals surface area contributed by atoms with Gasteiger partial charge in [-0.2, -0.15) is 0 Å². The lowest BCUT2D eigenvalue weighted by molar-refractivity contribution is 0.968. The minimum absolute atomic E-state index is 0.866. The fourth-order valence-corrected chi connectivity index (χ4v) is 4.53. The van der Waals surface area contributed by atoms with Crippen LogP contribution in [0.2, 0.25) is 0 Å². The molecule has 0 radical (unpaired) electrons. The van der Waals surface area contributed by atoms with Gasteiger partial charge in [-0.25, -0.2) is 0 Å². The Kier molecular flexibility index (Phi) is 3.86. The Labute approximate surface area is 113 Å². The van der Waals surface area contributed by atoms with Gasteiger partial charge in [0.05, 0.1) is 4.88 Å². The third kappa shape index (κ3) is 2.53. The van der Waals surface area contributed by atoms with Crippen LogP contribution in [-0.4, -0.2) is 24.3 Å². The van der Waals surface area contributed by atoms with Crippen molar-refractivity contribution in [2.45, 2.75) is 13.3 Å². The average Bonchev–Trinajstić information content (AvgIpc) is 2.70. The Morgan fingerprint density at radius 3 is 2.53 bits per heavy atom. The van der Waals surface area contributed by atoms with Crippen LogP contribution in [0.25, 0.3) is 10.6 Å². The van der Waals surface area contributed by atoms with Crippen LogP contribution >= 0.6 is 32.9 Å². The standard InChI is InChI=1S/C11H13N3S3/c1-4-7-10(16-17-11(7)15)8-5-6-9(13-12-8)14(2)3/h5-6H,4H2,1-3H3. The van der Waals surface area contributed by atoms with Gasteiger partial charge in [-0.05, 0) is 18.6 Å². The SMILES string of the molecule is CCc1c(-c2ccc(N(C)C)nn2)ssc1=S. The molecule has 0 unspecified atom stereocenters. The van der Waals surface area contributed by atoms with Gasteiger partial charge in [-0.3, -0.25) is 0 Å². The van der Waals surface area contributed by atoms with Crippen molar-refractivity contribution in [2.24, 2.45) is 0 Å². The summed E-state index contributed by atoms with van der Waals surface area (Å²) < 4.78 is 0.978. The Balaban J connectivity index is 2.43. The normalized spacial score (nSPS) is 10.5. The summed E-state index contributed by atoms with van der Waals surface area (Å²) >= 11 is 5.31. The highest BCUT2D eigenvalue weighted by molar-refractivity contribution is 7.80. The molecule has 0 fully saturated rings. The monoisotopic (exact) mass is 283 g/mol. The largest absolute Gasteiger partial charge is 0.361 e. The molecule has 17 heavy (non-hydrogen) atoms. The van der Waals surface area contributed by atoms with Gasteiger partial charge < -0.3 is 4.90 Å². The van der Waals surface area contributed by atoms with Gasteiger partial charge in [0.1, 0.15) is 9.52 Å². The molecule has 0 atom stereocenters. The zero-order valence-electron chi connectivity index (χ0n) is 9.93. The van der Waals surface area contributed by atoms with Crippen LogP contribution in [0.1, 0.15) is 12.5 Å². The Bertz CT molecular complexity index is 554. The van der Waals surface area contributed by atoms with E-state index < -0.39 is 0 Å². The number of anilines is 1. The lowest BCUT2D eigenvalue weighted by atomic mass is 10.2. The predicted octanol–water partition coefficient (Wildman–Crippen LogP) is 3.62. The summed E-state index contributed by atoms with van der Waals surface area (Å²) in [5.74, 6) is 0.866. The van der Waals surface area contributed by atoms with Crippen LogP contribution in [0.15, 0.2) is 12.1 Å². The fourth-order valence-electron chi connectivity index (χ4n) is 1.46. The molecule has 3 nitrogen and oxygen atoms in total. The predicted molar refractivity (Wildman–Crippen MR) is 77.8 cm³/mol. The van der Waals surface area contributed by atoms with Gasteiger partial charge >= 0.3 is 0 Å². The van der Waals surface area contributed by atoms with E-state index in [1.165, 1.54) is 10.4 Å². The maximum atomic E-state index is 5.31. The van der Waals surface area contributed by atoms with E-state index in [2.05, 4.69) is 17.1 Å². The molecule has 0 aromatic carbocycles. The molecular formula is C11H13N3S3. The third-order valence-corrected chi connectivity index (χ3v) is 5.58. The van der Waals surface area contributed by atoms with Gasteiger partial charge in [0, 0.05) is 19.7 Å². The second kappa shape index (κ2) is 5.20. The second-order valence-corrected chi connectivity index (χ2v) is 6.60. The topological polar surface area (TPSA) is 29.0 Å². The average molecular weight is 283 g/mol. The number of aromatic nitrogens is 2. The van der Waals surface area contributed by atoms with E-state index in [4.69, 9.17) is 12.2 Å². The number of nitrogens with zero attached hydrogens (tertiary/aromatic N) is 3. The zero-order chi connectivity index (χ0) is 12.4. The summed E-state index contributed by atoms with van der Waals surface area (Å²) in [6.45, 7) is 2.12. The first-order chi connectivity index (χ1) is 8.13. The van der Waals surface area contributed by atoms with Gasteiger partial charge in [0.15, 0.2) is 5.82 Å². The highest BCUT2D eigenvalue weighted by Crippen LogP contribution is 2.33. The van der Waals surface area contributed by atoms with Crippen molar-refractivity contribution in [3.63, 3.8) is 0 Å². The maximum Gasteiger partial charge on any atom is 0.150 e. The highest BCUT2D eigenvalue weighted by atomic mass is 32.9. The summed E-state index contributed by atoms with van der Waals surface area (Å²) in [6, 6.07) is 3.99. The minimum Gasteiger partial charge on any atom is -0.361 e. The smallest absolute Gasteiger partial charge is 0.150 e. The summed E-state index contributed by atoms with van der Waals surface area (Å²) in [4.78, 5) is 3.10. The molecule has 0 N–H and O–H groups in total. The molecule has 0 saturated heterocycles. The van der Waals surface area contributed by atoms with E-state index in [9.17, 15) is 0 Å². The van der Waals surface area contributed by atoms with Crippen LogP contribution in [0, 0.1) is 3.82 Å². The summed E-state index contributed by atoms with van der Waals surface area (Å²) in [6.07, 6.45) is 0.950. The first-order valence-corrected chi connectivity index (χ1v) is 7.82. The summed E-state index contributed by atoms with van der Waals surface area (Å²) in [5, 5.41) is 8.46. The second-order valence-electron chi connectivity index (χ2n) is 3.79. The van der Waals surface area contributed by atoms with E-state index in [-0.39, 0.29) is 0 Å². The number of rotatable bonds is 3. The van der Waals surface area contributed by atoms with Crippen molar-refractivity contribution in [3.05, 3.63) is 21.5 Å². The minimum atomic E-state index is 0.866. The molecule has 2 aromatic rings. The van der Waals surface area contributed by atoms with Crippen molar-refractivity contribution < 1.29 is 0 Å². The lowest BCUT2D eigenvalue weighted by Gasteiger charge is -2.09. The van der Waals surface area contributed by atoms with Crippen LogP contribution in [0.5, 0.6) is 0 Å². The van der Waals surface area contributed by atoms with Crippen molar-refractivity contribution in [2.75, 3.05) is 19.0 Å². The Hall–Kier alpha value is -0.850. The molecule has 0 saturated carbocycles. The van der Waals surface area contributed by atoms with E-state index in [0.717, 1.165) is 21.8 Å². The van der Waals surface area contributed by atoms with Crippen LogP contribution in [0.3, 0.4) is 0 Å². The van der Waals surface area contributed by atoms with Crippen molar-refractivity contribution in [3.8, 4) is 10.6 Å². The Morgan fingerprint density at radius 2 is 2.00 bits per heavy atom. The highest BCUT2D eigenvalue weighted by Gasteiger charge is 2.11. The summed E-state index contributed by atoms with van der Waals surface area (Å²) in [7, 11) is 7.24. The number of hydrogen-bond acceptors (Lipinski definition) is 6. The third-order valence-electron chi connectivity index (χ3n) is 2.42. The van der Waals surface area contributed by atoms with Crippen molar-refractivity contribution >= 4 is 38.7 Å². The van der Waals surface area contributed by atoms with E-state index in [1.807, 2.05) is 31.1 Å². The lowest BCUT2D eigenvalue weighted by Crippen LogP contribution is -2.11. The van der Waals surface area contributed by atoms with Gasteiger partial charge in [-0.1, -0.05) is 39.8 Å². The van der Waals surface area contributed by atoms with Gasteiger partial charge in [0.25, 0.3) is 0 Å². The molecule has 90 valence electrons. The molecule has 2 heterocycles. The molecule has 0 bridgehead atoms. The fraction of sp³-hybridized carbons (Fsp3) is 0.364. The molecule has 0 spiro atoms. The van der Waals surface area contributed by atoms with E-state index >= 15 is 0 Å². The van der Waals surface area contributed by atoms with E-state index in [0.29, 0.717) is 0 Å². The van der Waals surface area contributed by atoms with Crippen molar-refractivity contribution in [1.29, 1.82) is 0 Å². The molecule has 0 amide bonds. The quantitative estimate of drug-likeness (QED) is 0.635. The molecule has 6 heteroatoms. The zero-order valence-corrected chi connectivity index (χ0v) is 12.4. The van der Waals surface area contributed by atoms with Crippen LogP contribution < -0.4 is 4.90 Å². The van der Waals surface area contributed by atoms with Crippen LogP contribution in [0.4, 0.5) is 5.82 Å². The van der Waals surface area contributed by atoms with Gasteiger partial charge in [0.2, 0.25) is 0 Å². The molecular weight excluding hydrogens is 270 g/mol. The molecule has 0 aliphatic carbocycles. The number of hydrogen-bond donors (Lipinski definition) is 0. The van der Waals surface area contributed by atoms with E-state index in [1.54, 1.807) is 20.7 Å². The summed E-state index contributed by atoms with van der Waals surface area (Å²) in [5.41, 5.74) is 2.15. The first kappa shape index (κ1) is 12.6. The molecule has 0 aliphatic heterocycles. The van der Waals surface area contributed by atoms with Crippen LogP contribution in [-0.2, 0) is 6.42 Å². The van der Waals surface area contributed by atoms with Gasteiger partial charge in [-0.15, -0.1) is 10.2 Å². The maximum absolute atomic E-state index is 5.31. The van der Waals surface area contributed by atoms with Crippen molar-refractivity contribution in [1.82, 2.24) is 10.2 Å². The molecule has 2 rings (SSSR count). The first-order valence-electron chi connectivity index (χ1n) is 5.27. The Morgan fingerprint density at radius 1 is 1.24 bits per heavy atom. The molecule has 0 aliphatic rings.